The number of carbonyl (C=O) groups excluding carboxylic acids is 4. The van der Waals surface area contributed by atoms with Crippen LogP contribution >= 0.6 is 0 Å². The highest BCUT2D eigenvalue weighted by atomic mass is 16.6. The largest absolute Gasteiger partial charge is 0.469 e. The number of non-ortho nitro benzene ring substituents is 1. The van der Waals surface area contributed by atoms with Crippen molar-refractivity contribution in [1.29, 1.82) is 0 Å². The van der Waals surface area contributed by atoms with Crippen molar-refractivity contribution in [3.63, 3.8) is 0 Å². The van der Waals surface area contributed by atoms with E-state index in [1.54, 1.807) is 0 Å². The number of nitro benzene ring substituents is 1. The minimum atomic E-state index is -1.36. The summed E-state index contributed by atoms with van der Waals surface area (Å²) in [6.07, 6.45) is -1.25. The Morgan fingerprint density at radius 3 is 2.34 bits per heavy atom. The van der Waals surface area contributed by atoms with Crippen molar-refractivity contribution in [2.75, 3.05) is 20.8 Å². The van der Waals surface area contributed by atoms with Gasteiger partial charge in [0.1, 0.15) is 12.1 Å². The minimum absolute atomic E-state index is 0.0154. The van der Waals surface area contributed by atoms with E-state index in [4.69, 9.17) is 9.47 Å². The molecule has 12 heteroatoms. The molecule has 2 amide bonds. The number of benzene rings is 1. The van der Waals surface area contributed by atoms with Crippen molar-refractivity contribution >= 4 is 29.4 Å². The molecule has 1 aliphatic heterocycles. The van der Waals surface area contributed by atoms with E-state index in [-0.39, 0.29) is 25.1 Å². The minimum Gasteiger partial charge on any atom is -0.469 e. The average Bonchev–Trinajstić information content (AvgIpc) is 3.17. The van der Waals surface area contributed by atoms with Crippen molar-refractivity contribution in [2.24, 2.45) is 0 Å². The van der Waals surface area contributed by atoms with E-state index in [0.29, 0.717) is 5.56 Å². The van der Waals surface area contributed by atoms with E-state index in [2.05, 4.69) is 5.32 Å². The van der Waals surface area contributed by atoms with Gasteiger partial charge >= 0.3 is 11.9 Å². The maximum Gasteiger partial charge on any atom is 0.329 e. The first-order chi connectivity index (χ1) is 15.1. The van der Waals surface area contributed by atoms with Gasteiger partial charge in [0.2, 0.25) is 11.8 Å². The number of nitrogens with zero attached hydrogens (tertiary/aromatic N) is 2. The van der Waals surface area contributed by atoms with Crippen molar-refractivity contribution in [3.8, 4) is 0 Å². The fraction of sp³-hybridized carbons (Fsp3) is 0.500. The maximum atomic E-state index is 12.9. The van der Waals surface area contributed by atoms with Gasteiger partial charge in [0.25, 0.3) is 5.69 Å². The van der Waals surface area contributed by atoms with Crippen molar-refractivity contribution in [2.45, 2.75) is 43.9 Å². The van der Waals surface area contributed by atoms with Crippen molar-refractivity contribution in [1.82, 2.24) is 10.2 Å². The average molecular weight is 451 g/mol. The number of hydrogen-bond acceptors (Lipinski definition) is 9. The molecule has 2 N–H and O–H groups in total. The molecule has 1 saturated heterocycles. The molecule has 174 valence electrons. The molecule has 0 unspecified atom stereocenters. The van der Waals surface area contributed by atoms with E-state index in [9.17, 15) is 34.4 Å². The second-order valence-corrected chi connectivity index (χ2v) is 7.32. The third kappa shape index (κ3) is 5.78. The fourth-order valence-electron chi connectivity index (χ4n) is 3.64. The molecule has 1 heterocycles. The van der Waals surface area contributed by atoms with Crippen LogP contribution in [0.3, 0.4) is 0 Å². The van der Waals surface area contributed by atoms with Crippen LogP contribution in [0.25, 0.3) is 0 Å². The molecular weight excluding hydrogens is 426 g/mol. The molecule has 0 saturated carbocycles. The van der Waals surface area contributed by atoms with E-state index < -0.39 is 52.8 Å². The van der Waals surface area contributed by atoms with Crippen LogP contribution in [0.4, 0.5) is 5.69 Å². The molecule has 0 radical (unpaired) electrons. The van der Waals surface area contributed by atoms with Crippen molar-refractivity contribution < 1.29 is 38.7 Å². The predicted molar refractivity (Wildman–Crippen MR) is 108 cm³/mol. The lowest BCUT2D eigenvalue weighted by molar-refractivity contribution is -0.384. The zero-order valence-electron chi connectivity index (χ0n) is 17.8. The molecular formula is C20H25N3O9. The summed E-state index contributed by atoms with van der Waals surface area (Å²) in [5.74, 6) is -3.64. The van der Waals surface area contributed by atoms with Gasteiger partial charge in [0.05, 0.1) is 31.7 Å². The lowest BCUT2D eigenvalue weighted by Crippen LogP contribution is -2.53. The van der Waals surface area contributed by atoms with E-state index in [1.807, 2.05) is 0 Å². The topological polar surface area (TPSA) is 165 Å². The number of aliphatic hydroxyl groups excluding tert-OH is 1. The second kappa shape index (κ2) is 10.7. The van der Waals surface area contributed by atoms with Gasteiger partial charge in [0.15, 0.2) is 0 Å². The third-order valence-corrected chi connectivity index (χ3v) is 5.29. The highest BCUT2D eigenvalue weighted by Crippen LogP contribution is 2.28. The molecule has 2 rings (SSSR count). The van der Waals surface area contributed by atoms with E-state index in [1.165, 1.54) is 36.1 Å². The Hall–Kier alpha value is -3.54. The van der Waals surface area contributed by atoms with Crippen LogP contribution < -0.4 is 5.32 Å². The van der Waals surface area contributed by atoms with E-state index in [0.717, 1.165) is 14.2 Å². The van der Waals surface area contributed by atoms with Crippen molar-refractivity contribution in [3.05, 3.63) is 39.9 Å². The second-order valence-electron chi connectivity index (χ2n) is 7.32. The molecule has 0 spiro atoms. The molecule has 0 aromatic heterocycles. The predicted octanol–water partition coefficient (Wildman–Crippen LogP) is -0.119. The molecule has 1 aromatic rings. The number of rotatable bonds is 8. The molecule has 32 heavy (non-hydrogen) atoms. The summed E-state index contributed by atoms with van der Waals surface area (Å²) >= 11 is 0. The number of ether oxygens (including phenoxy) is 2. The van der Waals surface area contributed by atoms with E-state index >= 15 is 0 Å². The Morgan fingerprint density at radius 1 is 1.22 bits per heavy atom. The number of β-amino-alcohol motifs (C(OH)–C–C–N with tert-alkyl or cyclic N) is 1. The van der Waals surface area contributed by atoms with Crippen LogP contribution in [-0.4, -0.2) is 77.6 Å². The van der Waals surface area contributed by atoms with Crippen LogP contribution in [0, 0.1) is 10.1 Å². The van der Waals surface area contributed by atoms with Crippen LogP contribution in [0.2, 0.25) is 0 Å². The van der Waals surface area contributed by atoms with Crippen LogP contribution in [0.1, 0.15) is 31.2 Å². The number of methoxy groups -OCH3 is 2. The zero-order chi connectivity index (χ0) is 24.0. The number of carbonyl (C=O) groups is 4. The third-order valence-electron chi connectivity index (χ3n) is 5.29. The van der Waals surface area contributed by atoms with Gasteiger partial charge in [-0.25, -0.2) is 4.79 Å². The van der Waals surface area contributed by atoms with Gasteiger partial charge in [-0.05, 0) is 5.56 Å². The summed E-state index contributed by atoms with van der Waals surface area (Å²) < 4.78 is 9.50. The van der Waals surface area contributed by atoms with Gasteiger partial charge in [-0.2, -0.15) is 0 Å². The summed E-state index contributed by atoms with van der Waals surface area (Å²) in [6.45, 7) is 1.23. The Labute approximate surface area is 183 Å². The first-order valence-electron chi connectivity index (χ1n) is 9.73. The molecule has 4 atom stereocenters. The first kappa shape index (κ1) is 24.7. The molecule has 12 nitrogen and oxygen atoms in total. The Morgan fingerprint density at radius 2 is 1.84 bits per heavy atom. The first-order valence-corrected chi connectivity index (χ1v) is 9.73. The number of amides is 2. The highest BCUT2D eigenvalue weighted by Gasteiger charge is 2.41. The molecule has 0 aliphatic carbocycles. The van der Waals surface area contributed by atoms with Gasteiger partial charge in [-0.15, -0.1) is 0 Å². The Bertz CT molecular complexity index is 887. The van der Waals surface area contributed by atoms with Crippen LogP contribution in [-0.2, 0) is 28.7 Å². The summed E-state index contributed by atoms with van der Waals surface area (Å²) in [6, 6.07) is 2.79. The quantitative estimate of drug-likeness (QED) is 0.311. The lowest BCUT2D eigenvalue weighted by atomic mass is 9.88. The monoisotopic (exact) mass is 451 g/mol. The molecule has 1 aromatic carbocycles. The number of nitrogens with one attached hydrogen (secondary N) is 1. The zero-order valence-corrected chi connectivity index (χ0v) is 17.8. The molecule has 1 aliphatic rings. The SMILES string of the molecule is COC(=O)C[C@H](c1ccc([N+](=O)[O-])cc1)[C@@H](NC(=O)[C@@H]1C[C@@H](O)CN1C(C)=O)C(=O)OC. The number of aliphatic hydroxyl groups is 1. The Kier molecular flexibility index (Phi) is 8.24. The lowest BCUT2D eigenvalue weighted by Gasteiger charge is -2.29. The normalized spacial score (nSPS) is 19.6. The number of esters is 2. The standard InChI is InChI=1S/C20H25N3O9/c1-11(24)22-10-14(25)8-16(22)19(27)21-18(20(28)32-3)15(9-17(26)31-2)12-4-6-13(7-5-12)23(29)30/h4-7,14-16,18,25H,8-10H2,1-3H3,(H,21,27)/t14-,15-,16+,18-/m1/s1. The van der Waals surface area contributed by atoms with Gasteiger partial charge in [0, 0.05) is 37.9 Å². The highest BCUT2D eigenvalue weighted by molar-refractivity contribution is 5.91. The van der Waals surface area contributed by atoms with Crippen LogP contribution in [0.5, 0.6) is 0 Å². The number of likely N-dealkylation sites (tertiary alicyclic amines) is 1. The molecule has 0 bridgehead atoms. The summed E-state index contributed by atoms with van der Waals surface area (Å²) in [5.41, 5.74) is 0.160. The maximum absolute atomic E-state index is 12.9. The van der Waals surface area contributed by atoms with Crippen LogP contribution in [0.15, 0.2) is 24.3 Å². The molecule has 1 fully saturated rings. The van der Waals surface area contributed by atoms with Gasteiger partial charge < -0.3 is 24.8 Å². The van der Waals surface area contributed by atoms with Gasteiger partial charge in [-0.3, -0.25) is 24.5 Å². The Balaban J connectivity index is 2.39. The van der Waals surface area contributed by atoms with Gasteiger partial charge in [-0.1, -0.05) is 12.1 Å². The summed E-state index contributed by atoms with van der Waals surface area (Å²) in [7, 11) is 2.26. The summed E-state index contributed by atoms with van der Waals surface area (Å²) in [4.78, 5) is 60.9. The number of hydrogen-bond donors (Lipinski definition) is 2. The fourth-order valence-corrected chi connectivity index (χ4v) is 3.64. The smallest absolute Gasteiger partial charge is 0.329 e. The summed E-state index contributed by atoms with van der Waals surface area (Å²) in [5, 5.41) is 23.4. The number of nitro groups is 1.